The van der Waals surface area contributed by atoms with Gasteiger partial charge in [0.05, 0.1) is 16.7 Å². The van der Waals surface area contributed by atoms with Gasteiger partial charge in [-0.2, -0.15) is 5.10 Å². The van der Waals surface area contributed by atoms with Crippen molar-refractivity contribution >= 4 is 33.7 Å². The Hall–Kier alpha value is -3.00. The first-order chi connectivity index (χ1) is 12.0. The third kappa shape index (κ3) is 5.25. The van der Waals surface area contributed by atoms with Gasteiger partial charge in [0.1, 0.15) is 12.4 Å². The highest BCUT2D eigenvalue weighted by molar-refractivity contribution is 9.10. The maximum atomic E-state index is 12.3. The summed E-state index contributed by atoms with van der Waals surface area (Å²) in [5, 5.41) is 14.6. The van der Waals surface area contributed by atoms with E-state index in [1.807, 2.05) is 0 Å². The molecule has 1 N–H and O–H groups in total. The summed E-state index contributed by atoms with van der Waals surface area (Å²) in [4.78, 5) is 22.5. The molecule has 0 aliphatic carbocycles. The highest BCUT2D eigenvalue weighted by Crippen LogP contribution is 2.23. The number of ether oxygens (including phenoxy) is 1. The number of nitro groups is 1. The highest BCUT2D eigenvalue weighted by Gasteiger charge is 2.12. The van der Waals surface area contributed by atoms with Crippen molar-refractivity contribution in [3.8, 4) is 5.75 Å². The Morgan fingerprint density at radius 1 is 1.36 bits per heavy atom. The summed E-state index contributed by atoms with van der Waals surface area (Å²) in [6.07, 6.45) is 2.90. The van der Waals surface area contributed by atoms with Crippen molar-refractivity contribution in [3.05, 3.63) is 80.8 Å². The second-order valence-corrected chi connectivity index (χ2v) is 5.71. The van der Waals surface area contributed by atoms with Gasteiger partial charge in [-0.15, -0.1) is 0 Å². The van der Waals surface area contributed by atoms with Crippen LogP contribution in [0.25, 0.3) is 0 Å². The minimum atomic E-state index is -0.499. The molecule has 2 aromatic carbocycles. The topological polar surface area (TPSA) is 93.8 Å². The number of nitrogens with one attached hydrogen (secondary N) is 1. The predicted octanol–water partition coefficient (Wildman–Crippen LogP) is 3.69. The Labute approximate surface area is 152 Å². The maximum Gasteiger partial charge on any atom is 0.275 e. The molecule has 0 fully saturated rings. The molecule has 0 aliphatic rings. The third-order valence-electron chi connectivity index (χ3n) is 3.00. The monoisotopic (exact) mass is 403 g/mol. The lowest BCUT2D eigenvalue weighted by Crippen LogP contribution is -2.19. The van der Waals surface area contributed by atoms with Crippen LogP contribution in [0.1, 0.15) is 15.9 Å². The van der Waals surface area contributed by atoms with E-state index in [2.05, 4.69) is 33.0 Å². The number of nitrogens with zero attached hydrogens (tertiary/aromatic N) is 2. The molecule has 0 heterocycles. The van der Waals surface area contributed by atoms with Crippen LogP contribution in [0.15, 0.2) is 64.7 Å². The van der Waals surface area contributed by atoms with Crippen LogP contribution in [0, 0.1) is 10.1 Å². The molecule has 0 saturated carbocycles. The minimum Gasteiger partial charge on any atom is -0.489 e. The minimum absolute atomic E-state index is 0.0534. The van der Waals surface area contributed by atoms with E-state index >= 15 is 0 Å². The lowest BCUT2D eigenvalue weighted by Gasteiger charge is -2.09. The van der Waals surface area contributed by atoms with Gasteiger partial charge in [-0.25, -0.2) is 5.43 Å². The zero-order valence-electron chi connectivity index (χ0n) is 13.0. The molecule has 128 valence electrons. The molecule has 0 bridgehead atoms. The van der Waals surface area contributed by atoms with Gasteiger partial charge in [-0.3, -0.25) is 14.9 Å². The Bertz CT molecular complexity index is 836. The first-order valence-electron chi connectivity index (χ1n) is 7.12. The fourth-order valence-corrected chi connectivity index (χ4v) is 2.26. The van der Waals surface area contributed by atoms with Gasteiger partial charge in [0, 0.05) is 22.2 Å². The summed E-state index contributed by atoms with van der Waals surface area (Å²) in [6, 6.07) is 10.9. The second kappa shape index (κ2) is 8.74. The van der Waals surface area contributed by atoms with Crippen molar-refractivity contribution in [1.82, 2.24) is 5.43 Å². The standard InChI is InChI=1S/C17H14BrN3O4/c1-2-8-25-16-7-6-13(18)10-15(16)17(22)20-19-11-12-4-3-5-14(9-12)21(23)24/h2-7,9-11H,1,8H2,(H,20,22)/b19-11-. The van der Waals surface area contributed by atoms with E-state index in [0.717, 1.165) is 0 Å². The van der Waals surface area contributed by atoms with E-state index in [1.165, 1.54) is 24.4 Å². The second-order valence-electron chi connectivity index (χ2n) is 4.79. The average Bonchev–Trinajstić information content (AvgIpc) is 2.60. The van der Waals surface area contributed by atoms with Crippen molar-refractivity contribution in [1.29, 1.82) is 0 Å². The van der Waals surface area contributed by atoms with Crippen molar-refractivity contribution < 1.29 is 14.5 Å². The SMILES string of the molecule is C=CCOc1ccc(Br)cc1C(=O)N/N=C\c1cccc([N+](=O)[O-])c1. The molecule has 0 unspecified atom stereocenters. The van der Waals surface area contributed by atoms with Gasteiger partial charge >= 0.3 is 0 Å². The van der Waals surface area contributed by atoms with Gasteiger partial charge in [-0.1, -0.05) is 40.7 Å². The summed E-state index contributed by atoms with van der Waals surface area (Å²) in [5.74, 6) is -0.0757. The van der Waals surface area contributed by atoms with Crippen LogP contribution in [0.3, 0.4) is 0 Å². The van der Waals surface area contributed by atoms with Crippen molar-refractivity contribution in [3.63, 3.8) is 0 Å². The number of nitro benzene ring substituents is 1. The fourth-order valence-electron chi connectivity index (χ4n) is 1.90. The molecule has 0 spiro atoms. The number of non-ortho nitro benzene ring substituents is 1. The van der Waals surface area contributed by atoms with Crippen molar-refractivity contribution in [2.75, 3.05) is 6.61 Å². The van der Waals surface area contributed by atoms with E-state index < -0.39 is 10.8 Å². The molecule has 0 radical (unpaired) electrons. The lowest BCUT2D eigenvalue weighted by molar-refractivity contribution is -0.384. The molecular weight excluding hydrogens is 390 g/mol. The molecule has 7 nitrogen and oxygen atoms in total. The number of carbonyl (C=O) groups is 1. The molecule has 1 amide bonds. The zero-order chi connectivity index (χ0) is 18.2. The average molecular weight is 404 g/mol. The van der Waals surface area contributed by atoms with Gasteiger partial charge in [0.25, 0.3) is 11.6 Å². The van der Waals surface area contributed by atoms with Gasteiger partial charge in [-0.05, 0) is 18.2 Å². The highest BCUT2D eigenvalue weighted by atomic mass is 79.9. The van der Waals surface area contributed by atoms with Crippen molar-refractivity contribution in [2.45, 2.75) is 0 Å². The predicted molar refractivity (Wildman–Crippen MR) is 98.0 cm³/mol. The van der Waals surface area contributed by atoms with Crippen LogP contribution in [0.5, 0.6) is 5.75 Å². The fraction of sp³-hybridized carbons (Fsp3) is 0.0588. The molecule has 8 heteroatoms. The van der Waals surface area contributed by atoms with E-state index in [9.17, 15) is 14.9 Å². The van der Waals surface area contributed by atoms with Crippen LogP contribution in [0.2, 0.25) is 0 Å². The molecule has 2 aromatic rings. The van der Waals surface area contributed by atoms with E-state index in [4.69, 9.17) is 4.74 Å². The largest absolute Gasteiger partial charge is 0.489 e. The number of rotatable bonds is 7. The van der Waals surface area contributed by atoms with Crippen LogP contribution in [0.4, 0.5) is 5.69 Å². The molecule has 0 aromatic heterocycles. The summed E-state index contributed by atoms with van der Waals surface area (Å²) >= 11 is 3.30. The summed E-state index contributed by atoms with van der Waals surface area (Å²) in [6.45, 7) is 3.83. The normalized spacial score (nSPS) is 10.4. The summed E-state index contributed by atoms with van der Waals surface area (Å²) < 4.78 is 6.16. The lowest BCUT2D eigenvalue weighted by atomic mass is 10.2. The van der Waals surface area contributed by atoms with Crippen LogP contribution < -0.4 is 10.2 Å². The first kappa shape index (κ1) is 18.3. The molecule has 2 rings (SSSR count). The molecule has 0 atom stereocenters. The molecule has 0 saturated heterocycles. The van der Waals surface area contributed by atoms with Crippen LogP contribution in [-0.2, 0) is 0 Å². The number of benzene rings is 2. The number of carbonyl (C=O) groups excluding carboxylic acids is 1. The Morgan fingerprint density at radius 2 is 2.16 bits per heavy atom. The third-order valence-corrected chi connectivity index (χ3v) is 3.50. The van der Waals surface area contributed by atoms with Crippen molar-refractivity contribution in [2.24, 2.45) is 5.10 Å². The number of amides is 1. The quantitative estimate of drug-likeness (QED) is 0.330. The van der Waals surface area contributed by atoms with Crippen LogP contribution in [-0.4, -0.2) is 23.7 Å². The number of hydrazone groups is 1. The van der Waals surface area contributed by atoms with Gasteiger partial charge in [0.2, 0.25) is 0 Å². The number of halogens is 1. The number of hydrogen-bond donors (Lipinski definition) is 1. The Morgan fingerprint density at radius 3 is 2.88 bits per heavy atom. The van der Waals surface area contributed by atoms with E-state index in [0.29, 0.717) is 21.3 Å². The van der Waals surface area contributed by atoms with Gasteiger partial charge in [0.15, 0.2) is 0 Å². The van der Waals surface area contributed by atoms with E-state index in [1.54, 1.807) is 30.3 Å². The zero-order valence-corrected chi connectivity index (χ0v) is 14.6. The summed E-state index contributed by atoms with van der Waals surface area (Å²) in [5.41, 5.74) is 3.11. The molecule has 0 aliphatic heterocycles. The smallest absolute Gasteiger partial charge is 0.275 e. The molecule has 25 heavy (non-hydrogen) atoms. The Balaban J connectivity index is 2.12. The Kier molecular flexibility index (Phi) is 6.41. The summed E-state index contributed by atoms with van der Waals surface area (Å²) in [7, 11) is 0. The first-order valence-corrected chi connectivity index (χ1v) is 7.91. The van der Waals surface area contributed by atoms with E-state index in [-0.39, 0.29) is 12.3 Å². The molecular formula is C17H14BrN3O4. The maximum absolute atomic E-state index is 12.3. The number of hydrogen-bond acceptors (Lipinski definition) is 5. The van der Waals surface area contributed by atoms with Crippen LogP contribution >= 0.6 is 15.9 Å². The van der Waals surface area contributed by atoms with Gasteiger partial charge < -0.3 is 4.74 Å².